The Hall–Kier alpha value is -1.06. The molecule has 3 heteroatoms. The van der Waals surface area contributed by atoms with Crippen LogP contribution in [0, 0.1) is 0 Å². The summed E-state index contributed by atoms with van der Waals surface area (Å²) in [7, 11) is 0. The Morgan fingerprint density at radius 1 is 1.09 bits per heavy atom. The monoisotopic (exact) mass is 387 g/mol. The maximum atomic E-state index is 5.07. The molecule has 0 radical (unpaired) electrons. The van der Waals surface area contributed by atoms with Gasteiger partial charge < -0.3 is 0 Å². The molecule has 0 amide bonds. The van der Waals surface area contributed by atoms with E-state index in [2.05, 4.69) is 77.5 Å². The first-order valence-corrected chi connectivity index (χ1v) is 9.99. The van der Waals surface area contributed by atoms with Crippen LogP contribution in [0.15, 0.2) is 64.1 Å². The van der Waals surface area contributed by atoms with Crippen molar-refractivity contribution in [2.45, 2.75) is 43.9 Å². The summed E-state index contributed by atoms with van der Waals surface area (Å²) in [5.41, 5.74) is 2.57. The zero-order valence-corrected chi connectivity index (χ0v) is 15.8. The van der Waals surface area contributed by atoms with Gasteiger partial charge in [0, 0.05) is 15.3 Å². The number of hydrogen-bond acceptors (Lipinski definition) is 2. The average molecular weight is 388 g/mol. The second kappa shape index (κ2) is 8.16. The van der Waals surface area contributed by atoms with Gasteiger partial charge in [-0.1, -0.05) is 78.2 Å². The summed E-state index contributed by atoms with van der Waals surface area (Å²) in [4.78, 5) is 5.07. The standard InChI is InChI=1S/C20H22BrNS/c1-2-3-9-18-14-19(15-10-12-17(21)13-11-15)22-20(23-18)16-7-5-4-6-8-16/h4-8,10-13,18-19H,2-3,9,14H2,1H3. The van der Waals surface area contributed by atoms with Crippen molar-refractivity contribution in [2.24, 2.45) is 4.99 Å². The van der Waals surface area contributed by atoms with Crippen LogP contribution >= 0.6 is 27.7 Å². The summed E-state index contributed by atoms with van der Waals surface area (Å²) in [6, 6.07) is 19.5. The van der Waals surface area contributed by atoms with Gasteiger partial charge in [0.05, 0.1) is 11.1 Å². The summed E-state index contributed by atoms with van der Waals surface area (Å²) < 4.78 is 1.13. The lowest BCUT2D eigenvalue weighted by Gasteiger charge is -2.28. The maximum absolute atomic E-state index is 5.07. The Labute approximate surface area is 151 Å². The summed E-state index contributed by atoms with van der Waals surface area (Å²) >= 11 is 5.49. The molecule has 0 N–H and O–H groups in total. The Bertz CT molecular complexity index is 651. The quantitative estimate of drug-likeness (QED) is 0.560. The third kappa shape index (κ3) is 4.48. The number of aliphatic imine (C=N–C) groups is 1. The van der Waals surface area contributed by atoms with Crippen molar-refractivity contribution in [1.29, 1.82) is 0 Å². The van der Waals surface area contributed by atoms with Crippen LogP contribution in [0.3, 0.4) is 0 Å². The molecule has 1 heterocycles. The highest BCUT2D eigenvalue weighted by molar-refractivity contribution is 9.10. The van der Waals surface area contributed by atoms with Crippen molar-refractivity contribution in [3.05, 3.63) is 70.2 Å². The van der Waals surface area contributed by atoms with Gasteiger partial charge >= 0.3 is 0 Å². The number of thioether (sulfide) groups is 1. The van der Waals surface area contributed by atoms with E-state index in [9.17, 15) is 0 Å². The highest BCUT2D eigenvalue weighted by Gasteiger charge is 2.25. The molecule has 1 nitrogen and oxygen atoms in total. The molecule has 120 valence electrons. The second-order valence-corrected chi connectivity index (χ2v) is 8.19. The first-order chi connectivity index (χ1) is 11.3. The molecular weight excluding hydrogens is 366 g/mol. The molecule has 0 spiro atoms. The summed E-state index contributed by atoms with van der Waals surface area (Å²) in [6.45, 7) is 2.27. The largest absolute Gasteiger partial charge is 0.270 e. The second-order valence-electron chi connectivity index (χ2n) is 5.99. The molecule has 0 aliphatic carbocycles. The first-order valence-electron chi connectivity index (χ1n) is 8.31. The Balaban J connectivity index is 1.88. The van der Waals surface area contributed by atoms with Crippen LogP contribution in [0.4, 0.5) is 0 Å². The minimum absolute atomic E-state index is 0.279. The van der Waals surface area contributed by atoms with Crippen LogP contribution in [0.2, 0.25) is 0 Å². The van der Waals surface area contributed by atoms with Gasteiger partial charge in [-0.15, -0.1) is 11.8 Å². The molecule has 0 saturated heterocycles. The van der Waals surface area contributed by atoms with E-state index < -0.39 is 0 Å². The SMILES string of the molecule is CCCCC1CC(c2ccc(Br)cc2)N=C(c2ccccc2)S1. The lowest BCUT2D eigenvalue weighted by atomic mass is 9.99. The highest BCUT2D eigenvalue weighted by atomic mass is 79.9. The zero-order valence-electron chi connectivity index (χ0n) is 13.4. The van der Waals surface area contributed by atoms with Gasteiger partial charge in [0.1, 0.15) is 0 Å². The van der Waals surface area contributed by atoms with Crippen LogP contribution in [0.1, 0.15) is 49.8 Å². The van der Waals surface area contributed by atoms with Crippen molar-refractivity contribution in [3.63, 3.8) is 0 Å². The van der Waals surface area contributed by atoms with Crippen molar-refractivity contribution in [2.75, 3.05) is 0 Å². The maximum Gasteiger partial charge on any atom is 0.0987 e. The van der Waals surface area contributed by atoms with Crippen molar-refractivity contribution < 1.29 is 0 Å². The van der Waals surface area contributed by atoms with Gasteiger partial charge in [-0.3, -0.25) is 4.99 Å². The number of hydrogen-bond donors (Lipinski definition) is 0. The molecule has 0 fully saturated rings. The predicted molar refractivity (Wildman–Crippen MR) is 105 cm³/mol. The highest BCUT2D eigenvalue weighted by Crippen LogP contribution is 2.38. The third-order valence-electron chi connectivity index (χ3n) is 4.19. The number of halogens is 1. The summed E-state index contributed by atoms with van der Waals surface area (Å²) in [5, 5.41) is 1.86. The van der Waals surface area contributed by atoms with Crippen molar-refractivity contribution in [3.8, 4) is 0 Å². The Kier molecular flexibility index (Phi) is 5.96. The molecular formula is C20H22BrNS. The van der Waals surface area contributed by atoms with Gasteiger partial charge in [-0.25, -0.2) is 0 Å². The van der Waals surface area contributed by atoms with E-state index in [1.807, 2.05) is 11.8 Å². The van der Waals surface area contributed by atoms with Crippen LogP contribution < -0.4 is 0 Å². The van der Waals surface area contributed by atoms with Gasteiger partial charge in [0.25, 0.3) is 0 Å². The molecule has 2 unspecified atom stereocenters. The number of benzene rings is 2. The van der Waals surface area contributed by atoms with Crippen molar-refractivity contribution >= 4 is 32.7 Å². The number of rotatable bonds is 5. The van der Waals surface area contributed by atoms with Crippen molar-refractivity contribution in [1.82, 2.24) is 0 Å². The van der Waals surface area contributed by atoms with Crippen LogP contribution in [0.25, 0.3) is 0 Å². The molecule has 23 heavy (non-hydrogen) atoms. The minimum Gasteiger partial charge on any atom is -0.270 e. The van der Waals surface area contributed by atoms with E-state index in [0.717, 1.165) is 10.9 Å². The smallest absolute Gasteiger partial charge is 0.0987 e. The number of unbranched alkanes of at least 4 members (excludes halogenated alkanes) is 1. The van der Waals surface area contributed by atoms with E-state index in [1.165, 1.54) is 35.4 Å². The fourth-order valence-electron chi connectivity index (χ4n) is 2.91. The molecule has 2 aromatic rings. The van der Waals surface area contributed by atoms with Gasteiger partial charge in [-0.05, 0) is 30.5 Å². The topological polar surface area (TPSA) is 12.4 Å². The normalized spacial score (nSPS) is 21.0. The summed E-state index contributed by atoms with van der Waals surface area (Å²) in [5.74, 6) is 0. The lowest BCUT2D eigenvalue weighted by molar-refractivity contribution is 0.577. The van der Waals surface area contributed by atoms with E-state index >= 15 is 0 Å². The van der Waals surface area contributed by atoms with Gasteiger partial charge in [0.2, 0.25) is 0 Å². The third-order valence-corrected chi connectivity index (χ3v) is 6.05. The molecule has 0 saturated carbocycles. The zero-order chi connectivity index (χ0) is 16.1. The molecule has 0 bridgehead atoms. The van der Waals surface area contributed by atoms with Gasteiger partial charge in [-0.2, -0.15) is 0 Å². The molecule has 1 aliphatic heterocycles. The van der Waals surface area contributed by atoms with E-state index in [1.54, 1.807) is 0 Å². The summed E-state index contributed by atoms with van der Waals surface area (Å²) in [6.07, 6.45) is 4.98. The molecule has 1 aliphatic rings. The van der Waals surface area contributed by atoms with Crippen LogP contribution in [-0.4, -0.2) is 10.3 Å². The lowest BCUT2D eigenvalue weighted by Crippen LogP contribution is -2.18. The Morgan fingerprint density at radius 3 is 2.52 bits per heavy atom. The van der Waals surface area contributed by atoms with E-state index in [4.69, 9.17) is 4.99 Å². The van der Waals surface area contributed by atoms with Crippen LogP contribution in [-0.2, 0) is 0 Å². The number of nitrogens with zero attached hydrogens (tertiary/aromatic N) is 1. The van der Waals surface area contributed by atoms with Crippen LogP contribution in [0.5, 0.6) is 0 Å². The fraction of sp³-hybridized carbons (Fsp3) is 0.350. The minimum atomic E-state index is 0.279. The average Bonchev–Trinajstić information content (AvgIpc) is 2.61. The fourth-order valence-corrected chi connectivity index (χ4v) is 4.51. The Morgan fingerprint density at radius 2 is 1.83 bits per heavy atom. The molecule has 3 rings (SSSR count). The van der Waals surface area contributed by atoms with Gasteiger partial charge in [0.15, 0.2) is 0 Å². The van der Waals surface area contributed by atoms with E-state index in [0.29, 0.717) is 5.25 Å². The first kappa shape index (κ1) is 16.8. The molecule has 2 aromatic carbocycles. The predicted octanol–water partition coefficient (Wildman–Crippen LogP) is 6.63. The molecule has 2 atom stereocenters. The van der Waals surface area contributed by atoms with E-state index in [-0.39, 0.29) is 6.04 Å². The molecule has 0 aromatic heterocycles.